The summed E-state index contributed by atoms with van der Waals surface area (Å²) in [6.45, 7) is 1.73. The molecule has 0 atom stereocenters. The summed E-state index contributed by atoms with van der Waals surface area (Å²) < 4.78 is 2.13. The van der Waals surface area contributed by atoms with Crippen LogP contribution in [-0.2, 0) is 7.05 Å². The number of anilines is 1. The number of imidazole rings is 1. The van der Waals surface area contributed by atoms with E-state index in [2.05, 4.69) is 30.8 Å². The molecular formula is C18H20N6O. The maximum atomic E-state index is 12.2. The van der Waals surface area contributed by atoms with Crippen LogP contribution in [0.3, 0.4) is 0 Å². The van der Waals surface area contributed by atoms with Crippen LogP contribution in [-0.4, -0.2) is 44.6 Å². The molecule has 25 heavy (non-hydrogen) atoms. The van der Waals surface area contributed by atoms with E-state index in [1.54, 1.807) is 12.3 Å². The number of rotatable bonds is 3. The number of fused-ring (bicyclic) bond motifs is 1. The van der Waals surface area contributed by atoms with Crippen molar-refractivity contribution in [2.24, 2.45) is 7.05 Å². The molecule has 1 aliphatic rings. The molecule has 0 radical (unpaired) electrons. The monoisotopic (exact) mass is 336 g/mol. The maximum Gasteiger partial charge on any atom is 0.270 e. The molecule has 0 bridgehead atoms. The van der Waals surface area contributed by atoms with Gasteiger partial charge in [0.1, 0.15) is 12.0 Å². The predicted octanol–water partition coefficient (Wildman–Crippen LogP) is 1.76. The number of aryl methyl sites for hydroxylation is 1. The molecule has 0 spiro atoms. The van der Waals surface area contributed by atoms with E-state index in [-0.39, 0.29) is 11.9 Å². The number of para-hydroxylation sites is 2. The smallest absolute Gasteiger partial charge is 0.270 e. The van der Waals surface area contributed by atoms with E-state index in [0.29, 0.717) is 5.69 Å². The molecule has 1 N–H and O–H groups in total. The van der Waals surface area contributed by atoms with Crippen molar-refractivity contribution in [1.29, 1.82) is 0 Å². The zero-order valence-corrected chi connectivity index (χ0v) is 14.1. The lowest BCUT2D eigenvalue weighted by atomic mass is 10.1. The second kappa shape index (κ2) is 6.51. The van der Waals surface area contributed by atoms with Crippen molar-refractivity contribution in [1.82, 2.24) is 24.8 Å². The van der Waals surface area contributed by atoms with Gasteiger partial charge in [0.05, 0.1) is 11.0 Å². The van der Waals surface area contributed by atoms with E-state index in [0.717, 1.165) is 42.9 Å². The Morgan fingerprint density at radius 3 is 2.72 bits per heavy atom. The molecule has 1 saturated heterocycles. The Morgan fingerprint density at radius 2 is 2.00 bits per heavy atom. The van der Waals surface area contributed by atoms with Crippen molar-refractivity contribution in [3.63, 3.8) is 0 Å². The SMILES string of the molecule is Cn1c(N2CCC(NC(=O)c3ccncn3)CC2)nc2ccccc21. The third-order valence-electron chi connectivity index (χ3n) is 4.69. The Morgan fingerprint density at radius 1 is 1.20 bits per heavy atom. The predicted molar refractivity (Wildman–Crippen MR) is 95.4 cm³/mol. The van der Waals surface area contributed by atoms with Crippen LogP contribution in [0.5, 0.6) is 0 Å². The van der Waals surface area contributed by atoms with Crippen LogP contribution in [0.4, 0.5) is 5.95 Å². The van der Waals surface area contributed by atoms with Gasteiger partial charge < -0.3 is 14.8 Å². The van der Waals surface area contributed by atoms with Gasteiger partial charge in [0, 0.05) is 32.4 Å². The molecule has 4 rings (SSSR count). The van der Waals surface area contributed by atoms with Crippen LogP contribution in [0.2, 0.25) is 0 Å². The number of carbonyl (C=O) groups is 1. The van der Waals surface area contributed by atoms with Crippen molar-refractivity contribution in [3.05, 3.63) is 48.5 Å². The minimum Gasteiger partial charge on any atom is -0.348 e. The third kappa shape index (κ3) is 3.05. The average molecular weight is 336 g/mol. The van der Waals surface area contributed by atoms with Gasteiger partial charge in [-0.3, -0.25) is 4.79 Å². The zero-order valence-electron chi connectivity index (χ0n) is 14.1. The van der Waals surface area contributed by atoms with Gasteiger partial charge in [0.25, 0.3) is 5.91 Å². The molecule has 128 valence electrons. The maximum absolute atomic E-state index is 12.2. The molecular weight excluding hydrogens is 316 g/mol. The summed E-state index contributed by atoms with van der Waals surface area (Å²) in [6.07, 6.45) is 4.75. The van der Waals surface area contributed by atoms with E-state index in [9.17, 15) is 4.79 Å². The van der Waals surface area contributed by atoms with Gasteiger partial charge in [0.2, 0.25) is 5.95 Å². The molecule has 0 saturated carbocycles. The minimum atomic E-state index is -0.136. The molecule has 7 heteroatoms. The fourth-order valence-electron chi connectivity index (χ4n) is 3.32. The van der Waals surface area contributed by atoms with Crippen LogP contribution in [0.15, 0.2) is 42.9 Å². The van der Waals surface area contributed by atoms with Crippen molar-refractivity contribution in [2.45, 2.75) is 18.9 Å². The Hall–Kier alpha value is -2.96. The highest BCUT2D eigenvalue weighted by Gasteiger charge is 2.24. The molecule has 3 aromatic rings. The summed E-state index contributed by atoms with van der Waals surface area (Å²) in [5, 5.41) is 3.07. The molecule has 1 amide bonds. The Balaban J connectivity index is 1.41. The van der Waals surface area contributed by atoms with E-state index in [4.69, 9.17) is 4.98 Å². The molecule has 1 aliphatic heterocycles. The molecule has 1 aromatic carbocycles. The van der Waals surface area contributed by atoms with Crippen LogP contribution in [0.25, 0.3) is 11.0 Å². The highest BCUT2D eigenvalue weighted by atomic mass is 16.1. The highest BCUT2D eigenvalue weighted by molar-refractivity contribution is 5.92. The first-order valence-corrected chi connectivity index (χ1v) is 8.45. The molecule has 7 nitrogen and oxygen atoms in total. The van der Waals surface area contributed by atoms with Crippen LogP contribution in [0.1, 0.15) is 23.3 Å². The summed E-state index contributed by atoms with van der Waals surface area (Å²) in [5.74, 6) is 0.852. The summed E-state index contributed by atoms with van der Waals surface area (Å²) in [6, 6.07) is 9.95. The summed E-state index contributed by atoms with van der Waals surface area (Å²) in [4.78, 5) is 27.1. The largest absolute Gasteiger partial charge is 0.348 e. The summed E-state index contributed by atoms with van der Waals surface area (Å²) in [7, 11) is 2.05. The van der Waals surface area contributed by atoms with E-state index >= 15 is 0 Å². The number of hydrogen-bond donors (Lipinski definition) is 1. The van der Waals surface area contributed by atoms with Crippen LogP contribution >= 0.6 is 0 Å². The Labute approximate surface area is 145 Å². The third-order valence-corrected chi connectivity index (χ3v) is 4.69. The lowest BCUT2D eigenvalue weighted by molar-refractivity contribution is 0.0926. The number of piperidine rings is 1. The number of hydrogen-bond acceptors (Lipinski definition) is 5. The number of benzene rings is 1. The van der Waals surface area contributed by atoms with Crippen molar-refractivity contribution < 1.29 is 4.79 Å². The van der Waals surface area contributed by atoms with Gasteiger partial charge in [-0.25, -0.2) is 15.0 Å². The first kappa shape index (κ1) is 15.6. The second-order valence-corrected chi connectivity index (χ2v) is 6.29. The first-order valence-electron chi connectivity index (χ1n) is 8.45. The number of aromatic nitrogens is 4. The van der Waals surface area contributed by atoms with E-state index in [1.165, 1.54) is 6.33 Å². The van der Waals surface area contributed by atoms with E-state index < -0.39 is 0 Å². The molecule has 3 heterocycles. The van der Waals surface area contributed by atoms with Gasteiger partial charge in [-0.1, -0.05) is 12.1 Å². The van der Waals surface area contributed by atoms with Crippen LogP contribution in [0, 0.1) is 0 Å². The molecule has 0 aliphatic carbocycles. The van der Waals surface area contributed by atoms with Crippen molar-refractivity contribution in [3.8, 4) is 0 Å². The van der Waals surface area contributed by atoms with Crippen LogP contribution < -0.4 is 10.2 Å². The first-order chi connectivity index (χ1) is 12.2. The Kier molecular flexibility index (Phi) is 4.05. The summed E-state index contributed by atoms with van der Waals surface area (Å²) >= 11 is 0. The highest BCUT2D eigenvalue weighted by Crippen LogP contribution is 2.23. The standard InChI is InChI=1S/C18H20N6O/c1-23-16-5-3-2-4-14(16)22-18(23)24-10-7-13(8-11-24)21-17(25)15-6-9-19-12-20-15/h2-6,9,12-13H,7-8,10-11H2,1H3,(H,21,25). The van der Waals surface area contributed by atoms with Gasteiger partial charge in [-0.15, -0.1) is 0 Å². The summed E-state index contributed by atoms with van der Waals surface area (Å²) in [5.41, 5.74) is 2.56. The minimum absolute atomic E-state index is 0.136. The molecule has 0 unspecified atom stereocenters. The number of nitrogens with one attached hydrogen (secondary N) is 1. The van der Waals surface area contributed by atoms with Gasteiger partial charge in [-0.05, 0) is 31.0 Å². The average Bonchev–Trinajstić information content (AvgIpc) is 3.00. The second-order valence-electron chi connectivity index (χ2n) is 6.29. The normalized spacial score (nSPS) is 15.5. The number of nitrogens with zero attached hydrogens (tertiary/aromatic N) is 5. The number of carbonyl (C=O) groups excluding carboxylic acids is 1. The quantitative estimate of drug-likeness (QED) is 0.789. The molecule has 1 fully saturated rings. The lowest BCUT2D eigenvalue weighted by Crippen LogP contribution is -2.45. The van der Waals surface area contributed by atoms with Gasteiger partial charge in [-0.2, -0.15) is 0 Å². The number of amides is 1. The zero-order chi connectivity index (χ0) is 17.2. The fraction of sp³-hybridized carbons (Fsp3) is 0.333. The fourth-order valence-corrected chi connectivity index (χ4v) is 3.32. The van der Waals surface area contributed by atoms with Gasteiger partial charge in [0.15, 0.2) is 0 Å². The topological polar surface area (TPSA) is 75.9 Å². The lowest BCUT2D eigenvalue weighted by Gasteiger charge is -2.32. The van der Waals surface area contributed by atoms with Gasteiger partial charge >= 0.3 is 0 Å². The van der Waals surface area contributed by atoms with E-state index in [1.807, 2.05) is 25.2 Å². The Bertz CT molecular complexity index is 883. The van der Waals surface area contributed by atoms with Crippen molar-refractivity contribution in [2.75, 3.05) is 18.0 Å². The molecule has 2 aromatic heterocycles. The van der Waals surface area contributed by atoms with Crippen molar-refractivity contribution >= 4 is 22.9 Å².